The Bertz CT molecular complexity index is 1220. The summed E-state index contributed by atoms with van der Waals surface area (Å²) in [6, 6.07) is 12.9. The minimum Gasteiger partial charge on any atom is -0.507 e. The Balaban J connectivity index is 1.23. The van der Waals surface area contributed by atoms with Crippen molar-refractivity contribution in [3.8, 4) is 5.75 Å². The third-order valence-electron chi connectivity index (χ3n) is 8.40. The van der Waals surface area contributed by atoms with Crippen molar-refractivity contribution in [2.45, 2.75) is 37.5 Å². The first-order valence-corrected chi connectivity index (χ1v) is 13.1. The van der Waals surface area contributed by atoms with Gasteiger partial charge in [0.25, 0.3) is 0 Å². The number of hydrogen-bond acceptors (Lipinski definition) is 8. The topological polar surface area (TPSA) is 117 Å². The summed E-state index contributed by atoms with van der Waals surface area (Å²) in [7, 11) is 0. The van der Waals surface area contributed by atoms with Gasteiger partial charge in [0.2, 0.25) is 0 Å². The van der Waals surface area contributed by atoms with Gasteiger partial charge in [-0.2, -0.15) is 0 Å². The van der Waals surface area contributed by atoms with Crippen LogP contribution in [0.15, 0.2) is 60.1 Å². The van der Waals surface area contributed by atoms with Gasteiger partial charge < -0.3 is 41.7 Å². The number of anilines is 2. The highest BCUT2D eigenvalue weighted by atomic mass is 19.1. The van der Waals surface area contributed by atoms with Crippen molar-refractivity contribution in [2.75, 3.05) is 42.6 Å². The van der Waals surface area contributed by atoms with Crippen LogP contribution in [0.2, 0.25) is 0 Å². The van der Waals surface area contributed by atoms with Crippen molar-refractivity contribution < 1.29 is 14.2 Å². The van der Waals surface area contributed by atoms with E-state index in [9.17, 15) is 9.50 Å². The molecule has 0 saturated carbocycles. The molecule has 0 radical (unpaired) electrons. The lowest BCUT2D eigenvalue weighted by Gasteiger charge is -2.44. The number of para-hydroxylation sites is 1. The van der Waals surface area contributed by atoms with Gasteiger partial charge in [-0.3, -0.25) is 0 Å². The van der Waals surface area contributed by atoms with Gasteiger partial charge >= 0.3 is 0 Å². The van der Waals surface area contributed by atoms with E-state index in [4.69, 9.17) is 21.9 Å². The number of nitrogens with two attached hydrogens (primary N) is 3. The zero-order valence-corrected chi connectivity index (χ0v) is 20.9. The molecule has 2 aromatic rings. The highest BCUT2D eigenvalue weighted by Gasteiger charge is 2.42. The van der Waals surface area contributed by atoms with E-state index in [2.05, 4.69) is 14.7 Å². The van der Waals surface area contributed by atoms with Crippen molar-refractivity contribution in [1.82, 2.24) is 4.90 Å². The molecule has 0 amide bonds. The number of phenolic OH excluding ortho intramolecular Hbond substituents is 1. The van der Waals surface area contributed by atoms with E-state index < -0.39 is 0 Å². The standard InChI is InChI=1S/C28H35FN6O2/c29-22-8-7-18(11-24(22)33-13-17-9-10-37-27(17)16-33)35-19-5-6-20(35)15-34(14-19)25(28(31)32)12-23(30)21-3-1-2-4-26(21)36/h1-4,7-8,11-12,17,19-20,27,36H,5-6,9-10,13-16,30-32H2/b23-12-. The van der Waals surface area contributed by atoms with Crippen LogP contribution < -0.4 is 27.0 Å². The number of phenols is 1. The van der Waals surface area contributed by atoms with Crippen molar-refractivity contribution in [1.29, 1.82) is 0 Å². The molecular weight excluding hydrogens is 471 g/mol. The van der Waals surface area contributed by atoms with Gasteiger partial charge in [-0.25, -0.2) is 4.39 Å². The average Bonchev–Trinajstić information content (AvgIpc) is 3.55. The van der Waals surface area contributed by atoms with Gasteiger partial charge in [-0.15, -0.1) is 0 Å². The molecule has 4 heterocycles. The fourth-order valence-corrected chi connectivity index (χ4v) is 6.60. The third-order valence-corrected chi connectivity index (χ3v) is 8.40. The van der Waals surface area contributed by atoms with Gasteiger partial charge in [-0.1, -0.05) is 12.1 Å². The maximum Gasteiger partial charge on any atom is 0.146 e. The molecule has 2 bridgehead atoms. The summed E-state index contributed by atoms with van der Waals surface area (Å²) in [6.45, 7) is 3.86. The van der Waals surface area contributed by atoms with Crippen molar-refractivity contribution in [3.63, 3.8) is 0 Å². The molecule has 0 aliphatic carbocycles. The highest BCUT2D eigenvalue weighted by molar-refractivity contribution is 5.70. The van der Waals surface area contributed by atoms with Gasteiger partial charge in [0.05, 0.1) is 17.5 Å². The predicted octanol–water partition coefficient (Wildman–Crippen LogP) is 2.50. The molecule has 0 spiro atoms. The molecule has 7 N–H and O–H groups in total. The summed E-state index contributed by atoms with van der Waals surface area (Å²) < 4.78 is 20.8. The highest BCUT2D eigenvalue weighted by Crippen LogP contribution is 2.40. The number of piperazine rings is 1. The molecule has 4 atom stereocenters. The van der Waals surface area contributed by atoms with E-state index in [1.165, 1.54) is 0 Å². The van der Waals surface area contributed by atoms with Crippen molar-refractivity contribution in [2.24, 2.45) is 23.1 Å². The van der Waals surface area contributed by atoms with E-state index in [1.54, 1.807) is 30.3 Å². The number of rotatable bonds is 5. The van der Waals surface area contributed by atoms with E-state index in [1.807, 2.05) is 18.2 Å². The lowest BCUT2D eigenvalue weighted by Crippen LogP contribution is -2.54. The Morgan fingerprint density at radius 2 is 1.73 bits per heavy atom. The second kappa shape index (κ2) is 9.37. The minimum atomic E-state index is -0.180. The van der Waals surface area contributed by atoms with Gasteiger partial charge in [-0.05, 0) is 55.7 Å². The zero-order chi connectivity index (χ0) is 25.7. The van der Waals surface area contributed by atoms with Crippen LogP contribution in [-0.4, -0.2) is 61.0 Å². The number of ether oxygens (including phenoxy) is 1. The first-order valence-electron chi connectivity index (χ1n) is 13.1. The summed E-state index contributed by atoms with van der Waals surface area (Å²) in [4.78, 5) is 6.77. The van der Waals surface area contributed by atoms with Crippen LogP contribution in [0.25, 0.3) is 5.70 Å². The molecule has 4 aliphatic heterocycles. The SMILES string of the molecule is NC(N)=C(/C=C(\N)c1ccccc1O)N1CC2CCC(C1)N2c1ccc(F)c(N2CC3CCOC3C2)c1. The zero-order valence-electron chi connectivity index (χ0n) is 20.9. The van der Waals surface area contributed by atoms with Crippen LogP contribution in [0.3, 0.4) is 0 Å². The summed E-state index contributed by atoms with van der Waals surface area (Å²) in [6.07, 6.45) is 5.09. The number of allylic oxidation sites excluding steroid dienone is 1. The van der Waals surface area contributed by atoms with Crippen LogP contribution in [-0.2, 0) is 4.74 Å². The third kappa shape index (κ3) is 4.31. The van der Waals surface area contributed by atoms with Gasteiger partial charge in [0.1, 0.15) is 17.4 Å². The maximum atomic E-state index is 14.9. The number of fused-ring (bicyclic) bond motifs is 3. The Morgan fingerprint density at radius 1 is 0.973 bits per heavy atom. The quantitative estimate of drug-likeness (QED) is 0.457. The summed E-state index contributed by atoms with van der Waals surface area (Å²) in [5, 5.41) is 10.2. The molecule has 196 valence electrons. The van der Waals surface area contributed by atoms with Crippen molar-refractivity contribution >= 4 is 17.1 Å². The summed E-state index contributed by atoms with van der Waals surface area (Å²) in [5.74, 6) is 0.613. The maximum absolute atomic E-state index is 14.9. The normalized spacial score (nSPS) is 27.1. The Labute approximate surface area is 216 Å². The Hall–Kier alpha value is -3.59. The Morgan fingerprint density at radius 3 is 2.43 bits per heavy atom. The molecule has 37 heavy (non-hydrogen) atoms. The fourth-order valence-electron chi connectivity index (χ4n) is 6.60. The van der Waals surface area contributed by atoms with Gasteiger partial charge in [0, 0.05) is 67.7 Å². The molecule has 0 aromatic heterocycles. The molecule has 4 unspecified atom stereocenters. The lowest BCUT2D eigenvalue weighted by molar-refractivity contribution is 0.114. The minimum absolute atomic E-state index is 0.108. The number of hydrogen-bond donors (Lipinski definition) is 4. The van der Waals surface area contributed by atoms with Crippen LogP contribution >= 0.6 is 0 Å². The summed E-state index contributed by atoms with van der Waals surface area (Å²) in [5.41, 5.74) is 21.9. The van der Waals surface area contributed by atoms with E-state index in [-0.39, 0.29) is 35.6 Å². The largest absolute Gasteiger partial charge is 0.507 e. The van der Waals surface area contributed by atoms with Crippen LogP contribution in [0.4, 0.5) is 15.8 Å². The Kier molecular flexibility index (Phi) is 6.03. The lowest BCUT2D eigenvalue weighted by atomic mass is 10.1. The number of halogens is 1. The molecule has 2 aromatic carbocycles. The predicted molar refractivity (Wildman–Crippen MR) is 143 cm³/mol. The number of benzene rings is 2. The van der Waals surface area contributed by atoms with E-state index in [0.717, 1.165) is 57.7 Å². The average molecular weight is 507 g/mol. The molecule has 6 rings (SSSR count). The number of likely N-dealkylation sites (tertiary alicyclic amines) is 1. The van der Waals surface area contributed by atoms with E-state index >= 15 is 0 Å². The monoisotopic (exact) mass is 506 g/mol. The molecule has 4 fully saturated rings. The second-order valence-electron chi connectivity index (χ2n) is 10.7. The van der Waals surface area contributed by atoms with Crippen LogP contribution in [0.5, 0.6) is 5.75 Å². The smallest absolute Gasteiger partial charge is 0.146 e. The molecule has 4 saturated heterocycles. The number of aromatic hydroxyl groups is 1. The molecule has 9 heteroatoms. The fraction of sp³-hybridized carbons (Fsp3) is 0.429. The summed E-state index contributed by atoms with van der Waals surface area (Å²) >= 11 is 0. The molecule has 4 aliphatic rings. The molecule has 8 nitrogen and oxygen atoms in total. The first-order chi connectivity index (χ1) is 17.9. The number of nitrogens with zero attached hydrogens (tertiary/aromatic N) is 3. The first kappa shape index (κ1) is 23.8. The molecular formula is C28H35FN6O2. The van der Waals surface area contributed by atoms with Crippen molar-refractivity contribution in [3.05, 3.63) is 71.4 Å². The van der Waals surface area contributed by atoms with Crippen LogP contribution in [0.1, 0.15) is 24.8 Å². The van der Waals surface area contributed by atoms with Gasteiger partial charge in [0.15, 0.2) is 0 Å². The second-order valence-corrected chi connectivity index (χ2v) is 10.7. The van der Waals surface area contributed by atoms with E-state index in [0.29, 0.717) is 28.6 Å². The van der Waals surface area contributed by atoms with Crippen LogP contribution in [0, 0.1) is 11.7 Å².